The highest BCUT2D eigenvalue weighted by Gasteiger charge is 2.28. The third-order valence-electron chi connectivity index (χ3n) is 7.92. The molecule has 4 aromatic rings. The summed E-state index contributed by atoms with van der Waals surface area (Å²) in [4.78, 5) is 15.3. The number of nitrogen functional groups attached to an aromatic ring is 2. The molecule has 0 aliphatic rings. The largest absolute Gasteiger partial charge is 0.478 e. The molecule has 4 rings (SSSR count). The van der Waals surface area contributed by atoms with E-state index in [0.29, 0.717) is 17.6 Å². The number of carboxylic acid groups (broad SMARTS) is 1. The molecule has 0 radical (unpaired) electrons. The predicted molar refractivity (Wildman–Crippen MR) is 234 cm³/mol. The molecule has 0 amide bonds. The molecule has 0 bridgehead atoms. The van der Waals surface area contributed by atoms with E-state index in [1.165, 1.54) is 36.4 Å². The molecule has 0 spiro atoms. The predicted octanol–water partition coefficient (Wildman–Crippen LogP) is 5.60. The van der Waals surface area contributed by atoms with Crippen LogP contribution in [0, 0.1) is 11.4 Å². The highest BCUT2D eigenvalue weighted by Crippen LogP contribution is 2.49. The number of hydrogen-bond donors (Lipinski definition) is 6. The number of thioether (sulfide) groups is 1. The molecular formula is C34H34N8O19S6. The Morgan fingerprint density at radius 2 is 1.27 bits per heavy atom. The number of rotatable bonds is 22. The Morgan fingerprint density at radius 1 is 0.687 bits per heavy atom. The first kappa shape index (κ1) is 53.6. The normalized spacial score (nSPS) is 12.7. The van der Waals surface area contributed by atoms with Crippen molar-refractivity contribution in [3.63, 3.8) is 0 Å². The first-order valence-electron chi connectivity index (χ1n) is 17.9. The Bertz CT molecular complexity index is 3270. The summed E-state index contributed by atoms with van der Waals surface area (Å²) >= 11 is 0.739. The molecule has 33 heteroatoms. The zero-order valence-electron chi connectivity index (χ0n) is 33.8. The summed E-state index contributed by atoms with van der Waals surface area (Å²) in [5.41, 5.74) is 7.46. The summed E-state index contributed by atoms with van der Waals surface area (Å²) in [6, 6.07) is 12.6. The van der Waals surface area contributed by atoms with E-state index in [-0.39, 0.29) is 24.4 Å². The second-order valence-corrected chi connectivity index (χ2v) is 21.1. The summed E-state index contributed by atoms with van der Waals surface area (Å²) < 4.78 is 160. The van der Waals surface area contributed by atoms with Crippen LogP contribution in [-0.2, 0) is 68.7 Å². The van der Waals surface area contributed by atoms with Gasteiger partial charge in [-0.25, -0.2) is 25.8 Å². The lowest BCUT2D eigenvalue weighted by Gasteiger charge is -2.13. The average molecular weight is 1050 g/mol. The monoisotopic (exact) mass is 1050 g/mol. The van der Waals surface area contributed by atoms with E-state index in [9.17, 15) is 56.5 Å². The van der Waals surface area contributed by atoms with Gasteiger partial charge in [-0.05, 0) is 84.0 Å². The van der Waals surface area contributed by atoms with Crippen LogP contribution >= 0.6 is 11.8 Å². The van der Waals surface area contributed by atoms with Gasteiger partial charge in [0.15, 0.2) is 25.8 Å². The van der Waals surface area contributed by atoms with Gasteiger partial charge in [0.2, 0.25) is 0 Å². The lowest BCUT2D eigenvalue weighted by Crippen LogP contribution is -2.15. The molecular weight excluding hydrogens is 1020 g/mol. The minimum absolute atomic E-state index is 0.00607. The maximum Gasteiger partial charge on any atom is 0.433 e. The molecule has 0 aliphatic heterocycles. The van der Waals surface area contributed by atoms with Crippen molar-refractivity contribution in [2.24, 2.45) is 30.7 Å². The highest BCUT2D eigenvalue weighted by molar-refractivity contribution is 8.04. The molecule has 0 saturated heterocycles. The van der Waals surface area contributed by atoms with Gasteiger partial charge in [0.05, 0.1) is 50.7 Å². The van der Waals surface area contributed by atoms with E-state index >= 15 is 0 Å². The van der Waals surface area contributed by atoms with E-state index in [2.05, 4.69) is 49.3 Å². The molecule has 0 heterocycles. The standard InChI is InChI=1S/C34H34N8O19S6/c1-2-58-12-5-16-63(45,46)25-10-11-26(27(20-25)65(49,50)51)39-41-32-28(34(43)44)31(40-37-21-6-3-8-23(18-21)62-15-13-59-61-67(55,56)57)29(35)33(30(32)36)42-38-22-7-4-9-24(19-22)64(47,48)17-14-60-66(52,53)54/h3-4,6-11,18-20H,2,5,12,14,16-17,35-36H2,1H3,(H,43,44)(H,49,50,51)(H,52,53,54)(H,55,56,57). The maximum absolute atomic E-state index is 13.0. The number of nitrogens with two attached hydrogens (primary N) is 2. The average Bonchev–Trinajstić information content (AvgIpc) is 3.23. The Morgan fingerprint density at radius 3 is 1.87 bits per heavy atom. The Hall–Kier alpha value is -6.03. The molecule has 0 aromatic heterocycles. The first-order valence-corrected chi connectivity index (χ1v) is 26.2. The van der Waals surface area contributed by atoms with Crippen molar-refractivity contribution in [3.05, 3.63) is 72.3 Å². The molecule has 67 heavy (non-hydrogen) atoms. The summed E-state index contributed by atoms with van der Waals surface area (Å²) in [5, 5.41) is 36.3. The summed E-state index contributed by atoms with van der Waals surface area (Å²) in [7, 11) is -23.6. The number of carbonyl (C=O) groups is 1. The van der Waals surface area contributed by atoms with Gasteiger partial charge in [-0.2, -0.15) is 35.5 Å². The molecule has 0 fully saturated rings. The van der Waals surface area contributed by atoms with E-state index < -0.39 is 129 Å². The topological polar surface area (TPSA) is 432 Å². The Kier molecular flexibility index (Phi) is 18.1. The number of sulfone groups is 2. The second kappa shape index (κ2) is 22.6. The van der Waals surface area contributed by atoms with Crippen LogP contribution < -0.4 is 11.5 Å². The van der Waals surface area contributed by atoms with E-state index in [1.54, 1.807) is 6.92 Å². The van der Waals surface area contributed by atoms with Crippen LogP contribution in [0.3, 0.4) is 0 Å². The number of benzene rings is 4. The zero-order chi connectivity index (χ0) is 49.8. The quantitative estimate of drug-likeness (QED) is 0.00815. The molecule has 360 valence electrons. The Balaban J connectivity index is 1.89. The van der Waals surface area contributed by atoms with Gasteiger partial charge >= 0.3 is 26.8 Å². The SMILES string of the molecule is CCOCCCS(=O)(=O)c1ccc(N=Nc2c(N)c(N=Nc3cccc(S(=O)(=O)CCOS(=O)(=O)O)c3)c(N)c(N=Nc3cccc(SC#COOS(=O)(=O)O)c3)c2C(=O)O)c(S(=O)(=O)O)c1. The number of anilines is 2. The number of ether oxygens (including phenoxy) is 1. The van der Waals surface area contributed by atoms with Gasteiger partial charge in [-0.1, -0.05) is 12.1 Å². The van der Waals surface area contributed by atoms with Crippen LogP contribution in [-0.4, -0.2) is 98.1 Å². The fourth-order valence-corrected chi connectivity index (χ4v) is 9.24. The maximum atomic E-state index is 13.0. The van der Waals surface area contributed by atoms with Gasteiger partial charge < -0.3 is 21.3 Å². The van der Waals surface area contributed by atoms with Gasteiger partial charge in [0, 0.05) is 23.4 Å². The van der Waals surface area contributed by atoms with Crippen LogP contribution in [0.25, 0.3) is 0 Å². The summed E-state index contributed by atoms with van der Waals surface area (Å²) in [6.07, 6.45) is 1.88. The molecule has 0 atom stereocenters. The van der Waals surface area contributed by atoms with Crippen molar-refractivity contribution >= 4 is 114 Å². The molecule has 8 N–H and O–H groups in total. The number of azo groups is 3. The van der Waals surface area contributed by atoms with E-state index in [4.69, 9.17) is 25.3 Å². The van der Waals surface area contributed by atoms with Gasteiger partial charge in [-0.15, -0.1) is 20.5 Å². The number of aromatic carboxylic acids is 1. The van der Waals surface area contributed by atoms with Crippen LogP contribution in [0.2, 0.25) is 0 Å². The van der Waals surface area contributed by atoms with Crippen LogP contribution in [0.5, 0.6) is 0 Å². The van der Waals surface area contributed by atoms with Gasteiger partial charge in [-0.3, -0.25) is 18.5 Å². The van der Waals surface area contributed by atoms with Crippen LogP contribution in [0.4, 0.5) is 45.5 Å². The molecule has 27 nitrogen and oxygen atoms in total. The zero-order valence-corrected chi connectivity index (χ0v) is 38.7. The van der Waals surface area contributed by atoms with Crippen molar-refractivity contribution < 1.29 is 83.8 Å². The third kappa shape index (κ3) is 16.1. The second-order valence-electron chi connectivity index (χ2n) is 12.6. The van der Waals surface area contributed by atoms with Crippen LogP contribution in [0.15, 0.2) is 117 Å². The summed E-state index contributed by atoms with van der Waals surface area (Å²) in [6.45, 7) is 1.14. The van der Waals surface area contributed by atoms with Gasteiger partial charge in [0.1, 0.15) is 33.2 Å². The Labute approximate surface area is 385 Å². The van der Waals surface area contributed by atoms with Crippen molar-refractivity contribution in [2.75, 3.05) is 42.8 Å². The number of carboxylic acids is 1. The van der Waals surface area contributed by atoms with Crippen LogP contribution in [0.1, 0.15) is 23.7 Å². The lowest BCUT2D eigenvalue weighted by atomic mass is 10.1. The highest BCUT2D eigenvalue weighted by atomic mass is 32.3. The summed E-state index contributed by atoms with van der Waals surface area (Å²) in [5.74, 6) is -3.20. The van der Waals surface area contributed by atoms with Gasteiger partial charge in [0.25, 0.3) is 10.1 Å². The van der Waals surface area contributed by atoms with Crippen molar-refractivity contribution in [1.82, 2.24) is 0 Å². The molecule has 4 aromatic carbocycles. The molecule has 0 saturated carbocycles. The lowest BCUT2D eigenvalue weighted by molar-refractivity contribution is -0.135. The first-order chi connectivity index (χ1) is 31.2. The fourth-order valence-electron chi connectivity index (χ4n) is 5.05. The third-order valence-corrected chi connectivity index (χ3v) is 13.7. The fraction of sp³-hybridized carbons (Fsp3) is 0.206. The smallest absolute Gasteiger partial charge is 0.433 e. The minimum atomic E-state index is -5.26. The van der Waals surface area contributed by atoms with Crippen molar-refractivity contribution in [3.8, 4) is 11.4 Å². The number of nitrogens with zero attached hydrogens (tertiary/aromatic N) is 6. The van der Waals surface area contributed by atoms with Crippen molar-refractivity contribution in [1.29, 1.82) is 0 Å². The number of hydrogen-bond acceptors (Lipinski definition) is 24. The van der Waals surface area contributed by atoms with E-state index in [1.807, 2.05) is 6.11 Å². The molecule has 0 aliphatic carbocycles. The minimum Gasteiger partial charge on any atom is -0.478 e. The molecule has 0 unspecified atom stereocenters. The van der Waals surface area contributed by atoms with Crippen molar-refractivity contribution in [2.45, 2.75) is 32.9 Å². The van der Waals surface area contributed by atoms with E-state index in [0.717, 1.165) is 36.0 Å².